The van der Waals surface area contributed by atoms with Crippen LogP contribution >= 0.6 is 0 Å². The number of hydrogen-bond donors (Lipinski definition) is 0. The third-order valence-electron chi connectivity index (χ3n) is 6.84. The Balaban J connectivity index is 4.64. The fraction of sp³-hybridized carbons (Fsp3) is 0.703. The van der Waals surface area contributed by atoms with Gasteiger partial charge in [0.15, 0.2) is 12.4 Å². The number of likely N-dealkylation sites (N-methyl/N-ethyl adjacent to an activating group) is 1. The third kappa shape index (κ3) is 29.9. The van der Waals surface area contributed by atoms with E-state index in [4.69, 9.17) is 18.9 Å². The van der Waals surface area contributed by atoms with Crippen LogP contribution in [0, 0.1) is 0 Å². The van der Waals surface area contributed by atoms with Crippen molar-refractivity contribution in [3.63, 3.8) is 0 Å². The van der Waals surface area contributed by atoms with Gasteiger partial charge in [-0.1, -0.05) is 94.6 Å². The Hall–Kier alpha value is -2.75. The largest absolute Gasteiger partial charge is 0.545 e. The highest BCUT2D eigenvalue weighted by Crippen LogP contribution is 2.10. The van der Waals surface area contributed by atoms with Gasteiger partial charge in [-0.05, 0) is 51.4 Å². The van der Waals surface area contributed by atoms with Crippen LogP contribution in [0.3, 0.4) is 0 Å². The van der Waals surface area contributed by atoms with E-state index in [0.29, 0.717) is 17.4 Å². The van der Waals surface area contributed by atoms with E-state index in [1.54, 1.807) is 0 Å². The zero-order valence-corrected chi connectivity index (χ0v) is 29.4. The summed E-state index contributed by atoms with van der Waals surface area (Å²) in [5.74, 6) is -2.37. The van der Waals surface area contributed by atoms with Gasteiger partial charge < -0.3 is 33.3 Å². The second kappa shape index (κ2) is 29.6. The van der Waals surface area contributed by atoms with Crippen LogP contribution in [-0.4, -0.2) is 82.3 Å². The van der Waals surface area contributed by atoms with E-state index >= 15 is 0 Å². The predicted molar refractivity (Wildman–Crippen MR) is 182 cm³/mol. The number of quaternary nitrogens is 1. The first-order chi connectivity index (χ1) is 22.1. The zero-order valence-electron chi connectivity index (χ0n) is 29.4. The maximum Gasteiger partial charge on any atom is 0.306 e. The molecule has 0 aliphatic rings. The molecular weight excluding hydrogens is 586 g/mol. The second-order valence-corrected chi connectivity index (χ2v) is 12.4. The van der Waals surface area contributed by atoms with Gasteiger partial charge in [0.2, 0.25) is 0 Å². The summed E-state index contributed by atoms with van der Waals surface area (Å²) in [5, 5.41) is 11.6. The van der Waals surface area contributed by atoms with Crippen LogP contribution in [-0.2, 0) is 33.3 Å². The first-order valence-corrected chi connectivity index (χ1v) is 17.3. The SMILES string of the molecule is CC/C=C\C/C=C\C/C=C\C/C=C\CCCCC(=O)OC(COC(=O)CCCCCCCC)COC(OCC[N+](C)(C)C)C(=O)[O-]. The van der Waals surface area contributed by atoms with Crippen molar-refractivity contribution in [3.8, 4) is 0 Å². The second-order valence-electron chi connectivity index (χ2n) is 12.4. The van der Waals surface area contributed by atoms with Crippen molar-refractivity contribution in [3.05, 3.63) is 48.6 Å². The molecule has 0 aromatic rings. The molecule has 9 nitrogen and oxygen atoms in total. The van der Waals surface area contributed by atoms with Crippen molar-refractivity contribution in [2.24, 2.45) is 0 Å². The summed E-state index contributed by atoms with van der Waals surface area (Å²) >= 11 is 0. The molecule has 0 fully saturated rings. The number of carboxylic acids is 1. The number of carbonyl (C=O) groups is 3. The fourth-order valence-corrected chi connectivity index (χ4v) is 4.11. The minimum Gasteiger partial charge on any atom is -0.545 e. The van der Waals surface area contributed by atoms with Gasteiger partial charge in [0.05, 0.1) is 40.3 Å². The van der Waals surface area contributed by atoms with Crippen LogP contribution in [0.4, 0.5) is 0 Å². The van der Waals surface area contributed by atoms with E-state index in [1.165, 1.54) is 6.42 Å². The number of carbonyl (C=O) groups excluding carboxylic acids is 3. The number of unbranched alkanes of at least 4 members (excludes halogenated alkanes) is 7. The molecule has 0 heterocycles. The van der Waals surface area contributed by atoms with Gasteiger partial charge in [-0.2, -0.15) is 0 Å². The average Bonchev–Trinajstić information content (AvgIpc) is 3.00. The first-order valence-electron chi connectivity index (χ1n) is 17.3. The van der Waals surface area contributed by atoms with Gasteiger partial charge in [-0.3, -0.25) is 9.59 Å². The standard InChI is InChI=1S/C37H63NO8/c1-6-8-10-12-14-15-16-17-18-19-20-21-22-24-26-28-35(40)46-33(31-44-34(39)27-25-23-13-11-9-7-2)32-45-37(36(41)42)43-30-29-38(3,4)5/h8,10,14-15,17-18,20-21,33,37H,6-7,9,11-13,16,19,22-32H2,1-5H3/b10-8-,15-14-,18-17-,21-20-. The topological polar surface area (TPSA) is 111 Å². The number of hydrogen-bond acceptors (Lipinski definition) is 8. The molecule has 0 spiro atoms. The maximum atomic E-state index is 12.6. The molecule has 0 bridgehead atoms. The number of carboxylic acid groups (broad SMARTS) is 1. The Morgan fingerprint density at radius 3 is 1.85 bits per heavy atom. The Morgan fingerprint density at radius 1 is 0.674 bits per heavy atom. The van der Waals surface area contributed by atoms with Crippen molar-refractivity contribution >= 4 is 17.9 Å². The molecule has 9 heteroatoms. The normalized spacial score (nSPS) is 13.7. The van der Waals surface area contributed by atoms with E-state index < -0.39 is 24.3 Å². The lowest BCUT2D eigenvalue weighted by Gasteiger charge is -2.26. The van der Waals surface area contributed by atoms with E-state index in [0.717, 1.165) is 70.6 Å². The van der Waals surface area contributed by atoms with E-state index in [9.17, 15) is 19.5 Å². The quantitative estimate of drug-likeness (QED) is 0.0290. The Morgan fingerprint density at radius 2 is 1.24 bits per heavy atom. The van der Waals surface area contributed by atoms with Crippen LogP contribution in [0.25, 0.3) is 0 Å². The number of nitrogens with zero attached hydrogens (tertiary/aromatic N) is 1. The molecular formula is C37H63NO8. The van der Waals surface area contributed by atoms with Crippen LogP contribution in [0.1, 0.15) is 110 Å². The summed E-state index contributed by atoms with van der Waals surface area (Å²) in [6.07, 6.45) is 27.5. The molecule has 0 aliphatic heterocycles. The molecule has 264 valence electrons. The molecule has 0 aromatic carbocycles. The van der Waals surface area contributed by atoms with Crippen molar-refractivity contribution in [1.29, 1.82) is 0 Å². The molecule has 2 atom stereocenters. The summed E-state index contributed by atoms with van der Waals surface area (Å²) in [6, 6.07) is 0. The van der Waals surface area contributed by atoms with Crippen molar-refractivity contribution in [2.75, 3.05) is 47.5 Å². The van der Waals surface area contributed by atoms with E-state index in [2.05, 4.69) is 62.5 Å². The molecule has 0 saturated heterocycles. The van der Waals surface area contributed by atoms with Crippen LogP contribution in [0.5, 0.6) is 0 Å². The predicted octanol–water partition coefficient (Wildman–Crippen LogP) is 6.37. The van der Waals surface area contributed by atoms with Crippen molar-refractivity contribution in [1.82, 2.24) is 0 Å². The highest BCUT2D eigenvalue weighted by Gasteiger charge is 2.21. The summed E-state index contributed by atoms with van der Waals surface area (Å²) in [4.78, 5) is 36.4. The summed E-state index contributed by atoms with van der Waals surface area (Å²) < 4.78 is 22.2. The molecule has 0 saturated carbocycles. The van der Waals surface area contributed by atoms with Crippen LogP contribution < -0.4 is 5.11 Å². The summed E-state index contributed by atoms with van der Waals surface area (Å²) in [6.45, 7) is 4.46. The molecule has 0 N–H and O–H groups in total. The van der Waals surface area contributed by atoms with Gasteiger partial charge >= 0.3 is 11.9 Å². The monoisotopic (exact) mass is 649 g/mol. The van der Waals surface area contributed by atoms with Crippen molar-refractivity contribution < 1.29 is 42.9 Å². The Bertz CT molecular complexity index is 904. The third-order valence-corrected chi connectivity index (χ3v) is 6.84. The van der Waals surface area contributed by atoms with Gasteiger partial charge in [0.1, 0.15) is 13.2 Å². The summed E-state index contributed by atoms with van der Waals surface area (Å²) in [7, 11) is 5.86. The summed E-state index contributed by atoms with van der Waals surface area (Å²) in [5.41, 5.74) is 0. The zero-order chi connectivity index (χ0) is 34.3. The Labute approximate surface area is 279 Å². The fourth-order valence-electron chi connectivity index (χ4n) is 4.11. The van der Waals surface area contributed by atoms with Gasteiger partial charge in [-0.25, -0.2) is 0 Å². The lowest BCUT2D eigenvalue weighted by molar-refractivity contribution is -0.870. The smallest absolute Gasteiger partial charge is 0.306 e. The lowest BCUT2D eigenvalue weighted by atomic mass is 10.1. The average molecular weight is 650 g/mol. The molecule has 0 aromatic heterocycles. The molecule has 0 amide bonds. The number of aliphatic carboxylic acids is 1. The minimum absolute atomic E-state index is 0.138. The van der Waals surface area contributed by atoms with Crippen LogP contribution in [0.15, 0.2) is 48.6 Å². The van der Waals surface area contributed by atoms with Crippen molar-refractivity contribution in [2.45, 2.75) is 123 Å². The highest BCUT2D eigenvalue weighted by atomic mass is 16.7. The highest BCUT2D eigenvalue weighted by molar-refractivity contribution is 5.70. The van der Waals surface area contributed by atoms with E-state index in [-0.39, 0.29) is 38.6 Å². The number of esters is 2. The molecule has 2 unspecified atom stereocenters. The van der Waals surface area contributed by atoms with Gasteiger partial charge in [0.25, 0.3) is 0 Å². The van der Waals surface area contributed by atoms with Gasteiger partial charge in [0, 0.05) is 12.8 Å². The van der Waals surface area contributed by atoms with Gasteiger partial charge in [-0.15, -0.1) is 0 Å². The number of rotatable bonds is 30. The Kier molecular flexibility index (Phi) is 27.9. The number of ether oxygens (including phenoxy) is 4. The molecule has 0 rings (SSSR count). The van der Waals surface area contributed by atoms with E-state index in [1.807, 2.05) is 21.1 Å². The molecule has 46 heavy (non-hydrogen) atoms. The molecule has 0 radical (unpaired) electrons. The lowest BCUT2D eigenvalue weighted by Crippen LogP contribution is -2.44. The maximum absolute atomic E-state index is 12.6. The molecule has 0 aliphatic carbocycles. The minimum atomic E-state index is -1.63. The number of allylic oxidation sites excluding steroid dienone is 8. The first kappa shape index (κ1) is 43.2. The van der Waals surface area contributed by atoms with Crippen LogP contribution in [0.2, 0.25) is 0 Å².